The molecule has 0 saturated heterocycles. The van der Waals surface area contributed by atoms with E-state index in [0.29, 0.717) is 0 Å². The van der Waals surface area contributed by atoms with E-state index in [9.17, 15) is 4.79 Å². The topological polar surface area (TPSA) is 38.3 Å². The van der Waals surface area contributed by atoms with Crippen LogP contribution in [0, 0.1) is 0 Å². The van der Waals surface area contributed by atoms with Gasteiger partial charge in [0.05, 0.1) is 6.04 Å². The SMILES string of the molecule is CC(NC(=O)COc1ccc2c(c1)CCCC2)c1ccccc1. The summed E-state index contributed by atoms with van der Waals surface area (Å²) >= 11 is 0. The maximum absolute atomic E-state index is 12.1. The van der Waals surface area contributed by atoms with Gasteiger partial charge in [0.15, 0.2) is 6.61 Å². The van der Waals surface area contributed by atoms with E-state index in [-0.39, 0.29) is 18.6 Å². The number of carbonyl (C=O) groups excluding carboxylic acids is 1. The first-order valence-corrected chi connectivity index (χ1v) is 8.31. The van der Waals surface area contributed by atoms with Crippen molar-refractivity contribution in [2.45, 2.75) is 38.6 Å². The molecule has 3 heteroatoms. The molecule has 0 saturated carbocycles. The lowest BCUT2D eigenvalue weighted by molar-refractivity contribution is -0.123. The lowest BCUT2D eigenvalue weighted by Crippen LogP contribution is -2.31. The molecule has 0 radical (unpaired) electrons. The molecule has 0 aromatic heterocycles. The van der Waals surface area contributed by atoms with Crippen LogP contribution in [0.5, 0.6) is 5.75 Å². The van der Waals surface area contributed by atoms with Crippen LogP contribution in [0.3, 0.4) is 0 Å². The van der Waals surface area contributed by atoms with E-state index >= 15 is 0 Å². The van der Waals surface area contributed by atoms with Crippen molar-refractivity contribution in [3.8, 4) is 5.75 Å². The van der Waals surface area contributed by atoms with Gasteiger partial charge in [0.1, 0.15) is 5.75 Å². The van der Waals surface area contributed by atoms with Crippen LogP contribution in [0.15, 0.2) is 48.5 Å². The fourth-order valence-electron chi connectivity index (χ4n) is 3.06. The molecule has 0 fully saturated rings. The molecule has 0 aliphatic heterocycles. The second-order valence-electron chi connectivity index (χ2n) is 6.13. The van der Waals surface area contributed by atoms with Gasteiger partial charge in [0.25, 0.3) is 5.91 Å². The number of fused-ring (bicyclic) bond motifs is 1. The highest BCUT2D eigenvalue weighted by Crippen LogP contribution is 2.25. The third-order valence-corrected chi connectivity index (χ3v) is 4.37. The van der Waals surface area contributed by atoms with Gasteiger partial charge in [-0.3, -0.25) is 4.79 Å². The Kier molecular flexibility index (Phi) is 4.96. The Morgan fingerprint density at radius 2 is 1.83 bits per heavy atom. The highest BCUT2D eigenvalue weighted by atomic mass is 16.5. The maximum atomic E-state index is 12.1. The largest absolute Gasteiger partial charge is 0.484 e. The van der Waals surface area contributed by atoms with Gasteiger partial charge in [-0.05, 0) is 61.4 Å². The summed E-state index contributed by atoms with van der Waals surface area (Å²) in [4.78, 5) is 12.1. The first-order valence-electron chi connectivity index (χ1n) is 8.31. The fourth-order valence-corrected chi connectivity index (χ4v) is 3.06. The Hall–Kier alpha value is -2.29. The van der Waals surface area contributed by atoms with Crippen LogP contribution in [-0.2, 0) is 17.6 Å². The van der Waals surface area contributed by atoms with E-state index in [1.165, 1.54) is 24.0 Å². The second-order valence-corrected chi connectivity index (χ2v) is 6.13. The van der Waals surface area contributed by atoms with Crippen molar-refractivity contribution in [3.63, 3.8) is 0 Å². The van der Waals surface area contributed by atoms with E-state index in [1.54, 1.807) is 0 Å². The number of amides is 1. The summed E-state index contributed by atoms with van der Waals surface area (Å²) in [5.41, 5.74) is 3.88. The van der Waals surface area contributed by atoms with Gasteiger partial charge in [0, 0.05) is 0 Å². The average Bonchev–Trinajstić information content (AvgIpc) is 2.60. The number of aryl methyl sites for hydroxylation is 2. The van der Waals surface area contributed by atoms with Crippen molar-refractivity contribution in [1.29, 1.82) is 0 Å². The maximum Gasteiger partial charge on any atom is 0.258 e. The molecule has 1 aliphatic carbocycles. The summed E-state index contributed by atoms with van der Waals surface area (Å²) in [7, 11) is 0. The molecule has 23 heavy (non-hydrogen) atoms. The number of nitrogens with one attached hydrogen (secondary N) is 1. The summed E-state index contributed by atoms with van der Waals surface area (Å²) in [6.07, 6.45) is 4.78. The van der Waals surface area contributed by atoms with Gasteiger partial charge < -0.3 is 10.1 Å². The molecule has 0 bridgehead atoms. The number of hydrogen-bond donors (Lipinski definition) is 1. The summed E-state index contributed by atoms with van der Waals surface area (Å²) in [5.74, 6) is 0.687. The molecule has 0 spiro atoms. The normalized spacial score (nSPS) is 14.7. The smallest absolute Gasteiger partial charge is 0.258 e. The average molecular weight is 309 g/mol. The Bertz CT molecular complexity index is 667. The second kappa shape index (κ2) is 7.32. The minimum Gasteiger partial charge on any atom is -0.484 e. The van der Waals surface area contributed by atoms with Crippen molar-refractivity contribution >= 4 is 5.91 Å². The molecular formula is C20H23NO2. The third-order valence-electron chi connectivity index (χ3n) is 4.37. The zero-order chi connectivity index (χ0) is 16.1. The Morgan fingerprint density at radius 3 is 2.61 bits per heavy atom. The van der Waals surface area contributed by atoms with Gasteiger partial charge in [0.2, 0.25) is 0 Å². The number of benzene rings is 2. The highest BCUT2D eigenvalue weighted by Gasteiger charge is 2.12. The first kappa shape index (κ1) is 15.6. The molecular weight excluding hydrogens is 286 g/mol. The molecule has 3 rings (SSSR count). The molecule has 1 N–H and O–H groups in total. The van der Waals surface area contributed by atoms with Gasteiger partial charge >= 0.3 is 0 Å². The molecule has 2 aromatic carbocycles. The first-order chi connectivity index (χ1) is 11.2. The lowest BCUT2D eigenvalue weighted by atomic mass is 9.92. The molecule has 1 amide bonds. The number of carbonyl (C=O) groups is 1. The molecule has 2 aromatic rings. The summed E-state index contributed by atoms with van der Waals surface area (Å²) in [6.45, 7) is 2.03. The monoisotopic (exact) mass is 309 g/mol. The van der Waals surface area contributed by atoms with Crippen LogP contribution in [0.1, 0.15) is 42.5 Å². The zero-order valence-electron chi connectivity index (χ0n) is 13.5. The van der Waals surface area contributed by atoms with Gasteiger partial charge in [-0.1, -0.05) is 36.4 Å². The van der Waals surface area contributed by atoms with Crippen LogP contribution in [0.2, 0.25) is 0 Å². The molecule has 120 valence electrons. The third kappa shape index (κ3) is 4.13. The summed E-state index contributed by atoms with van der Waals surface area (Å²) < 4.78 is 5.66. The van der Waals surface area contributed by atoms with E-state index in [2.05, 4.69) is 17.4 Å². The van der Waals surface area contributed by atoms with Crippen LogP contribution in [-0.4, -0.2) is 12.5 Å². The van der Waals surface area contributed by atoms with E-state index in [0.717, 1.165) is 24.2 Å². The molecule has 1 atom stereocenters. The van der Waals surface area contributed by atoms with E-state index in [1.807, 2.05) is 43.3 Å². The minimum atomic E-state index is -0.0981. The quantitative estimate of drug-likeness (QED) is 0.912. The van der Waals surface area contributed by atoms with Crippen LogP contribution in [0.4, 0.5) is 0 Å². The minimum absolute atomic E-state index is 0.0177. The van der Waals surface area contributed by atoms with Crippen molar-refractivity contribution in [2.24, 2.45) is 0 Å². The van der Waals surface area contributed by atoms with Crippen molar-refractivity contribution in [3.05, 3.63) is 65.2 Å². The van der Waals surface area contributed by atoms with E-state index in [4.69, 9.17) is 4.74 Å². The Balaban J connectivity index is 1.53. The van der Waals surface area contributed by atoms with E-state index < -0.39 is 0 Å². The van der Waals surface area contributed by atoms with Crippen LogP contribution >= 0.6 is 0 Å². The van der Waals surface area contributed by atoms with Gasteiger partial charge in [-0.25, -0.2) is 0 Å². The standard InChI is InChI=1S/C20H23NO2/c1-15(16-7-3-2-4-8-16)21-20(22)14-23-19-12-11-17-9-5-6-10-18(17)13-19/h2-4,7-8,11-13,15H,5-6,9-10,14H2,1H3,(H,21,22). The molecule has 1 aliphatic rings. The number of rotatable bonds is 5. The van der Waals surface area contributed by atoms with Crippen molar-refractivity contribution in [1.82, 2.24) is 5.32 Å². The van der Waals surface area contributed by atoms with Crippen LogP contribution in [0.25, 0.3) is 0 Å². The molecule has 0 heterocycles. The Labute approximate surface area is 137 Å². The molecule has 1 unspecified atom stereocenters. The Morgan fingerprint density at radius 1 is 1.09 bits per heavy atom. The number of ether oxygens (including phenoxy) is 1. The van der Waals surface area contributed by atoms with Crippen LogP contribution < -0.4 is 10.1 Å². The van der Waals surface area contributed by atoms with Gasteiger partial charge in [-0.2, -0.15) is 0 Å². The van der Waals surface area contributed by atoms with Crippen molar-refractivity contribution < 1.29 is 9.53 Å². The zero-order valence-corrected chi connectivity index (χ0v) is 13.5. The summed E-state index contributed by atoms with van der Waals surface area (Å²) in [6, 6.07) is 16.1. The number of hydrogen-bond acceptors (Lipinski definition) is 2. The van der Waals surface area contributed by atoms with Gasteiger partial charge in [-0.15, -0.1) is 0 Å². The predicted molar refractivity (Wildman–Crippen MR) is 91.6 cm³/mol. The molecule has 3 nitrogen and oxygen atoms in total. The van der Waals surface area contributed by atoms with Crippen molar-refractivity contribution in [2.75, 3.05) is 6.61 Å². The fraction of sp³-hybridized carbons (Fsp3) is 0.350. The lowest BCUT2D eigenvalue weighted by Gasteiger charge is -2.17. The summed E-state index contributed by atoms with van der Waals surface area (Å²) in [5, 5.41) is 2.96. The predicted octanol–water partition coefficient (Wildman–Crippen LogP) is 3.82. The highest BCUT2D eigenvalue weighted by molar-refractivity contribution is 5.78.